The van der Waals surface area contributed by atoms with Crippen LogP contribution in [0.5, 0.6) is 0 Å². The standard InChI is InChI=1S/C44H80O4/c1-3-5-7-9-11-13-15-17-19-21-22-23-25-27-29-31-33-35-37-39-44(46)48-43(41-45)42-47-40-38-36-34-32-30-28-26-24-20-18-16-14-12-10-8-6-4-2/h11,13,17,19-20,22-24,43,45H,3-10,12,14-16,18,21,25-42H2,1-2H3/b13-11-,19-17-,23-22-,24-20-. The number of allylic oxidation sites excluding steroid dienone is 8. The van der Waals surface area contributed by atoms with Gasteiger partial charge in [0.1, 0.15) is 6.10 Å². The van der Waals surface area contributed by atoms with Gasteiger partial charge in [0, 0.05) is 13.0 Å². The molecule has 0 heterocycles. The predicted molar refractivity (Wildman–Crippen MR) is 210 cm³/mol. The van der Waals surface area contributed by atoms with E-state index in [1.165, 1.54) is 135 Å². The number of aliphatic hydroxyl groups is 1. The minimum Gasteiger partial charge on any atom is -0.457 e. The Hall–Kier alpha value is -1.65. The van der Waals surface area contributed by atoms with Crippen molar-refractivity contribution in [2.24, 2.45) is 0 Å². The molecule has 0 amide bonds. The maximum atomic E-state index is 12.2. The van der Waals surface area contributed by atoms with Crippen molar-refractivity contribution in [1.29, 1.82) is 0 Å². The van der Waals surface area contributed by atoms with Crippen molar-refractivity contribution >= 4 is 5.97 Å². The molecule has 0 radical (unpaired) electrons. The number of rotatable bonds is 38. The molecule has 0 rings (SSSR count). The Morgan fingerprint density at radius 2 is 0.875 bits per heavy atom. The minimum atomic E-state index is -0.544. The van der Waals surface area contributed by atoms with Crippen LogP contribution in [-0.4, -0.2) is 37.0 Å². The lowest BCUT2D eigenvalue weighted by atomic mass is 10.1. The largest absolute Gasteiger partial charge is 0.457 e. The lowest BCUT2D eigenvalue weighted by Crippen LogP contribution is -2.27. The fourth-order valence-corrected chi connectivity index (χ4v) is 5.74. The van der Waals surface area contributed by atoms with Crippen molar-refractivity contribution in [3.05, 3.63) is 48.6 Å². The first-order chi connectivity index (χ1) is 23.7. The van der Waals surface area contributed by atoms with Crippen LogP contribution < -0.4 is 0 Å². The highest BCUT2D eigenvalue weighted by molar-refractivity contribution is 5.69. The van der Waals surface area contributed by atoms with Crippen LogP contribution in [0.15, 0.2) is 48.6 Å². The number of esters is 1. The van der Waals surface area contributed by atoms with Gasteiger partial charge in [0.05, 0.1) is 13.2 Å². The molecule has 0 saturated heterocycles. The van der Waals surface area contributed by atoms with Gasteiger partial charge in [-0.2, -0.15) is 0 Å². The van der Waals surface area contributed by atoms with Crippen molar-refractivity contribution in [3.63, 3.8) is 0 Å². The Morgan fingerprint density at radius 1 is 0.500 bits per heavy atom. The van der Waals surface area contributed by atoms with E-state index in [1.807, 2.05) is 0 Å². The normalized spacial score (nSPS) is 12.8. The SMILES string of the molecule is CCCCC/C=C\C/C=C\C/C=C\CCCCCCCCC(=O)OC(CO)COCCCCCCCC/C=C\CCCCCCCCC. The topological polar surface area (TPSA) is 55.8 Å². The van der Waals surface area contributed by atoms with E-state index in [2.05, 4.69) is 62.5 Å². The molecule has 1 unspecified atom stereocenters. The zero-order chi connectivity index (χ0) is 34.9. The zero-order valence-corrected chi connectivity index (χ0v) is 32.0. The summed E-state index contributed by atoms with van der Waals surface area (Å²) in [6.45, 7) is 5.30. The van der Waals surface area contributed by atoms with Crippen molar-refractivity contribution in [1.82, 2.24) is 0 Å². The molecule has 0 fully saturated rings. The average Bonchev–Trinajstić information content (AvgIpc) is 3.09. The second-order valence-electron chi connectivity index (χ2n) is 13.7. The molecule has 0 spiro atoms. The van der Waals surface area contributed by atoms with E-state index >= 15 is 0 Å². The molecule has 1 N–H and O–H groups in total. The lowest BCUT2D eigenvalue weighted by molar-refractivity contribution is -0.154. The van der Waals surface area contributed by atoms with Gasteiger partial charge >= 0.3 is 5.97 Å². The molecular weight excluding hydrogens is 592 g/mol. The number of hydrogen-bond acceptors (Lipinski definition) is 4. The van der Waals surface area contributed by atoms with Crippen LogP contribution in [0, 0.1) is 0 Å². The second-order valence-corrected chi connectivity index (χ2v) is 13.7. The van der Waals surface area contributed by atoms with E-state index in [4.69, 9.17) is 9.47 Å². The van der Waals surface area contributed by atoms with Gasteiger partial charge in [-0.15, -0.1) is 0 Å². The third kappa shape index (κ3) is 38.8. The lowest BCUT2D eigenvalue weighted by Gasteiger charge is -2.15. The third-order valence-corrected chi connectivity index (χ3v) is 8.88. The van der Waals surface area contributed by atoms with Crippen LogP contribution in [0.2, 0.25) is 0 Å². The number of carbonyl (C=O) groups excluding carboxylic acids is 1. The molecule has 0 aromatic carbocycles. The average molecular weight is 673 g/mol. The highest BCUT2D eigenvalue weighted by atomic mass is 16.6. The summed E-state index contributed by atoms with van der Waals surface area (Å²) in [5, 5.41) is 9.59. The maximum absolute atomic E-state index is 12.2. The molecule has 4 nitrogen and oxygen atoms in total. The smallest absolute Gasteiger partial charge is 0.306 e. The molecular formula is C44H80O4. The fourth-order valence-electron chi connectivity index (χ4n) is 5.74. The number of ether oxygens (including phenoxy) is 2. The summed E-state index contributed by atoms with van der Waals surface area (Å²) >= 11 is 0. The highest BCUT2D eigenvalue weighted by Crippen LogP contribution is 2.12. The van der Waals surface area contributed by atoms with Gasteiger partial charge in [-0.1, -0.05) is 165 Å². The number of unbranched alkanes of at least 4 members (excludes halogenated alkanes) is 22. The van der Waals surface area contributed by atoms with Gasteiger partial charge in [0.25, 0.3) is 0 Å². The second kappa shape index (κ2) is 41.5. The van der Waals surface area contributed by atoms with E-state index in [0.29, 0.717) is 13.0 Å². The Balaban J connectivity index is 3.48. The molecule has 0 aliphatic heterocycles. The Morgan fingerprint density at radius 3 is 1.38 bits per heavy atom. The van der Waals surface area contributed by atoms with Gasteiger partial charge in [-0.3, -0.25) is 4.79 Å². The van der Waals surface area contributed by atoms with Crippen LogP contribution >= 0.6 is 0 Å². The van der Waals surface area contributed by atoms with Crippen LogP contribution in [0.4, 0.5) is 0 Å². The van der Waals surface area contributed by atoms with E-state index in [0.717, 1.165) is 44.9 Å². The van der Waals surface area contributed by atoms with Gasteiger partial charge < -0.3 is 14.6 Å². The highest BCUT2D eigenvalue weighted by Gasteiger charge is 2.13. The molecule has 1 atom stereocenters. The number of hydrogen-bond donors (Lipinski definition) is 1. The molecule has 0 aromatic heterocycles. The summed E-state index contributed by atoms with van der Waals surface area (Å²) in [4.78, 5) is 12.2. The summed E-state index contributed by atoms with van der Waals surface area (Å²) in [5.74, 6) is -0.215. The van der Waals surface area contributed by atoms with Crippen molar-refractivity contribution in [2.45, 2.75) is 206 Å². The summed E-state index contributed by atoms with van der Waals surface area (Å²) in [6.07, 6.45) is 53.0. The monoisotopic (exact) mass is 673 g/mol. The third-order valence-electron chi connectivity index (χ3n) is 8.88. The van der Waals surface area contributed by atoms with Gasteiger partial charge in [0.15, 0.2) is 0 Å². The first-order valence-corrected chi connectivity index (χ1v) is 20.7. The van der Waals surface area contributed by atoms with Gasteiger partial charge in [-0.25, -0.2) is 0 Å². The van der Waals surface area contributed by atoms with Crippen molar-refractivity contribution < 1.29 is 19.4 Å². The summed E-state index contributed by atoms with van der Waals surface area (Å²) < 4.78 is 11.1. The molecule has 0 aliphatic rings. The molecule has 0 aliphatic carbocycles. The van der Waals surface area contributed by atoms with Crippen molar-refractivity contribution in [2.75, 3.05) is 19.8 Å². The fraction of sp³-hybridized carbons (Fsp3) is 0.795. The Labute approximate surface area is 299 Å². The van der Waals surface area contributed by atoms with Crippen molar-refractivity contribution in [3.8, 4) is 0 Å². The molecule has 0 bridgehead atoms. The Bertz CT molecular complexity index is 753. The van der Waals surface area contributed by atoms with E-state index in [1.54, 1.807) is 0 Å². The first-order valence-electron chi connectivity index (χ1n) is 20.7. The quantitative estimate of drug-likeness (QED) is 0.0403. The van der Waals surface area contributed by atoms with E-state index in [9.17, 15) is 9.90 Å². The van der Waals surface area contributed by atoms with Gasteiger partial charge in [0.2, 0.25) is 0 Å². The van der Waals surface area contributed by atoms with E-state index < -0.39 is 6.10 Å². The minimum absolute atomic E-state index is 0.180. The molecule has 280 valence electrons. The predicted octanol–water partition coefficient (Wildman–Crippen LogP) is 13.5. The summed E-state index contributed by atoms with van der Waals surface area (Å²) in [6, 6.07) is 0. The molecule has 48 heavy (non-hydrogen) atoms. The maximum Gasteiger partial charge on any atom is 0.306 e. The zero-order valence-electron chi connectivity index (χ0n) is 32.0. The van der Waals surface area contributed by atoms with E-state index in [-0.39, 0.29) is 19.2 Å². The summed E-state index contributed by atoms with van der Waals surface area (Å²) in [5.41, 5.74) is 0. The first kappa shape index (κ1) is 46.4. The van der Waals surface area contributed by atoms with Gasteiger partial charge in [-0.05, 0) is 77.0 Å². The van der Waals surface area contributed by atoms with Crippen LogP contribution in [0.1, 0.15) is 200 Å². The molecule has 4 heteroatoms. The van der Waals surface area contributed by atoms with Crippen LogP contribution in [0.25, 0.3) is 0 Å². The van der Waals surface area contributed by atoms with Crippen LogP contribution in [-0.2, 0) is 14.3 Å². The number of carbonyl (C=O) groups is 1. The number of aliphatic hydroxyl groups excluding tert-OH is 1. The molecule has 0 saturated carbocycles. The van der Waals surface area contributed by atoms with Crippen LogP contribution in [0.3, 0.4) is 0 Å². The molecule has 0 aromatic rings. The Kier molecular flexibility index (Phi) is 40.1. The summed E-state index contributed by atoms with van der Waals surface area (Å²) in [7, 11) is 0.